The Balaban J connectivity index is 1.45. The first-order chi connectivity index (χ1) is 19.7. The molecule has 0 fully saturated rings. The summed E-state index contributed by atoms with van der Waals surface area (Å²) < 4.78 is 58.5. The summed E-state index contributed by atoms with van der Waals surface area (Å²) in [6, 6.07) is 8.77. The lowest BCUT2D eigenvalue weighted by Crippen LogP contribution is -2.42. The lowest BCUT2D eigenvalue weighted by Gasteiger charge is -2.28. The number of aromatic nitrogens is 5. The van der Waals surface area contributed by atoms with E-state index in [1.54, 1.807) is 24.3 Å². The summed E-state index contributed by atoms with van der Waals surface area (Å²) in [6.07, 6.45) is 3.44. The molecule has 1 amide bonds. The lowest BCUT2D eigenvalue weighted by molar-refractivity contribution is -0.135. The number of halogens is 5. The maximum absolute atomic E-state index is 13.6. The minimum absolute atomic E-state index is 0.0881. The number of aliphatic imine (C=N–C) groups is 1. The summed E-state index contributed by atoms with van der Waals surface area (Å²) in [5, 5.41) is 7.22. The molecule has 0 aliphatic carbocycles. The fraction of sp³-hybridized carbons (Fsp3) is 0.200. The third kappa shape index (κ3) is 5.35. The van der Waals surface area contributed by atoms with Gasteiger partial charge in [0.2, 0.25) is 0 Å². The van der Waals surface area contributed by atoms with Crippen LogP contribution >= 0.6 is 11.6 Å². The first-order valence-electron chi connectivity index (χ1n) is 11.8. The Kier molecular flexibility index (Phi) is 7.70. The van der Waals surface area contributed by atoms with Crippen molar-refractivity contribution in [1.82, 2.24) is 29.4 Å². The number of ether oxygens (including phenoxy) is 1. The highest BCUT2D eigenvalue weighted by Crippen LogP contribution is 2.36. The molecule has 212 valence electrons. The zero-order chi connectivity index (χ0) is 29.3. The maximum atomic E-state index is 13.6. The van der Waals surface area contributed by atoms with Crippen molar-refractivity contribution in [2.24, 2.45) is 10.7 Å². The Morgan fingerprint density at radius 1 is 1.05 bits per heavy atom. The Labute approximate surface area is 233 Å². The maximum Gasteiger partial charge on any atom is 0.335 e. The van der Waals surface area contributed by atoms with Crippen LogP contribution in [0, 0.1) is 0 Å². The molecule has 0 bridgehead atoms. The number of nitrogens with two attached hydrogens (primary N) is 1. The average Bonchev–Trinajstić information content (AvgIpc) is 3.70. The summed E-state index contributed by atoms with van der Waals surface area (Å²) in [5.41, 5.74) is 8.10. The molecule has 3 heterocycles. The van der Waals surface area contributed by atoms with Crippen molar-refractivity contribution >= 4 is 29.9 Å². The van der Waals surface area contributed by atoms with Crippen LogP contribution in [0.1, 0.15) is 36.3 Å². The number of benzene rings is 2. The Morgan fingerprint density at radius 2 is 1.80 bits per heavy atom. The van der Waals surface area contributed by atoms with E-state index in [9.17, 15) is 27.2 Å². The summed E-state index contributed by atoms with van der Waals surface area (Å²) >= 11 is 6.28. The predicted molar refractivity (Wildman–Crippen MR) is 137 cm³/mol. The van der Waals surface area contributed by atoms with E-state index < -0.39 is 31.1 Å². The van der Waals surface area contributed by atoms with Crippen molar-refractivity contribution in [2.75, 3.05) is 6.61 Å². The molecule has 1 aliphatic heterocycles. The van der Waals surface area contributed by atoms with Crippen LogP contribution in [-0.4, -0.2) is 54.4 Å². The van der Waals surface area contributed by atoms with Crippen LogP contribution in [0.25, 0.3) is 22.5 Å². The van der Waals surface area contributed by atoms with Crippen LogP contribution in [0.15, 0.2) is 66.2 Å². The van der Waals surface area contributed by atoms with Gasteiger partial charge in [0.1, 0.15) is 12.9 Å². The number of alkyl halides is 4. The SMILES string of the molecule is NC1=NC(c2ccc(-c3cnn(C(F)F)c3)cc2)C(=O)N1C(COC=O)c1ccc(Cl)c(-c2ncnn2C(F)F)c1. The Morgan fingerprint density at radius 3 is 2.46 bits per heavy atom. The molecule has 0 saturated carbocycles. The van der Waals surface area contributed by atoms with Gasteiger partial charge in [-0.2, -0.15) is 32.4 Å². The van der Waals surface area contributed by atoms with Gasteiger partial charge in [0, 0.05) is 17.3 Å². The van der Waals surface area contributed by atoms with Gasteiger partial charge in [0.05, 0.1) is 17.3 Å². The Bertz CT molecular complexity index is 1610. The molecule has 0 saturated heterocycles. The lowest BCUT2D eigenvalue weighted by atomic mass is 10.00. The van der Waals surface area contributed by atoms with E-state index in [4.69, 9.17) is 22.1 Å². The van der Waals surface area contributed by atoms with Crippen molar-refractivity contribution in [3.8, 4) is 22.5 Å². The number of carbonyl (C=O) groups is 2. The van der Waals surface area contributed by atoms with Crippen LogP contribution < -0.4 is 5.73 Å². The number of hydrogen-bond donors (Lipinski definition) is 1. The third-order valence-electron chi connectivity index (χ3n) is 6.35. The standard InChI is InChI=1S/C25H19ClF4N8O3/c26-18-6-5-15(7-17(18)21-32-11-34-38(21)24(29)30)19(10-41-12-39)37-22(40)20(35-25(37)31)14-3-1-13(2-4-14)16-8-33-36(9-16)23(27)28/h1-9,11-12,19-20,23-24H,10H2,(H2,31,35). The number of carbonyl (C=O) groups excluding carboxylic acids is 2. The number of guanidine groups is 1. The molecule has 16 heteroatoms. The molecule has 0 spiro atoms. The first kappa shape index (κ1) is 27.8. The van der Waals surface area contributed by atoms with Crippen LogP contribution in [0.4, 0.5) is 17.6 Å². The quantitative estimate of drug-likeness (QED) is 0.214. The van der Waals surface area contributed by atoms with Crippen molar-refractivity contribution in [3.63, 3.8) is 0 Å². The molecular weight excluding hydrogens is 572 g/mol. The van der Waals surface area contributed by atoms with Gasteiger partial charge < -0.3 is 10.5 Å². The molecule has 2 aromatic carbocycles. The van der Waals surface area contributed by atoms with Gasteiger partial charge in [-0.25, -0.2) is 14.7 Å². The smallest absolute Gasteiger partial charge is 0.335 e. The van der Waals surface area contributed by atoms with Gasteiger partial charge >= 0.3 is 13.1 Å². The second-order valence-electron chi connectivity index (χ2n) is 8.70. The highest BCUT2D eigenvalue weighted by atomic mass is 35.5. The van der Waals surface area contributed by atoms with Crippen molar-refractivity contribution in [3.05, 3.63) is 77.3 Å². The molecule has 2 unspecified atom stereocenters. The molecule has 5 rings (SSSR count). The van der Waals surface area contributed by atoms with Gasteiger partial charge in [0.25, 0.3) is 12.4 Å². The molecular formula is C25H19ClF4N8O3. The summed E-state index contributed by atoms with van der Waals surface area (Å²) in [7, 11) is 0. The summed E-state index contributed by atoms with van der Waals surface area (Å²) in [4.78, 5) is 34.0. The molecule has 1 aliphatic rings. The molecule has 0 radical (unpaired) electrons. The molecule has 2 atom stereocenters. The molecule has 2 N–H and O–H groups in total. The van der Waals surface area contributed by atoms with Gasteiger partial charge in [-0.05, 0) is 28.8 Å². The highest BCUT2D eigenvalue weighted by molar-refractivity contribution is 6.33. The predicted octanol–water partition coefficient (Wildman–Crippen LogP) is 4.36. The van der Waals surface area contributed by atoms with Crippen molar-refractivity contribution in [1.29, 1.82) is 0 Å². The molecule has 11 nitrogen and oxygen atoms in total. The molecule has 41 heavy (non-hydrogen) atoms. The topological polar surface area (TPSA) is 134 Å². The summed E-state index contributed by atoms with van der Waals surface area (Å²) in [6.45, 7) is -5.92. The molecule has 2 aromatic heterocycles. The monoisotopic (exact) mass is 590 g/mol. The van der Waals surface area contributed by atoms with E-state index >= 15 is 0 Å². The van der Waals surface area contributed by atoms with Crippen LogP contribution in [-0.2, 0) is 14.3 Å². The number of nitrogens with zero attached hydrogens (tertiary/aromatic N) is 7. The number of rotatable bonds is 10. The van der Waals surface area contributed by atoms with Gasteiger partial charge in [-0.15, -0.1) is 0 Å². The van der Waals surface area contributed by atoms with E-state index in [0.29, 0.717) is 31.6 Å². The van der Waals surface area contributed by atoms with Gasteiger partial charge in [-0.3, -0.25) is 14.5 Å². The fourth-order valence-electron chi connectivity index (χ4n) is 4.43. The first-order valence-corrected chi connectivity index (χ1v) is 12.2. The van der Waals surface area contributed by atoms with Crippen LogP contribution in [0.5, 0.6) is 0 Å². The average molecular weight is 591 g/mol. The van der Waals surface area contributed by atoms with Crippen LogP contribution in [0.2, 0.25) is 5.02 Å². The number of hydrogen-bond acceptors (Lipinski definition) is 8. The van der Waals surface area contributed by atoms with E-state index in [0.717, 1.165) is 11.2 Å². The second kappa shape index (κ2) is 11.4. The van der Waals surface area contributed by atoms with E-state index in [-0.39, 0.29) is 35.4 Å². The minimum atomic E-state index is -2.99. The zero-order valence-corrected chi connectivity index (χ0v) is 21.4. The minimum Gasteiger partial charge on any atom is -0.465 e. The highest BCUT2D eigenvalue weighted by Gasteiger charge is 2.40. The fourth-order valence-corrected chi connectivity index (χ4v) is 4.64. The van der Waals surface area contributed by atoms with Crippen molar-refractivity contribution < 1.29 is 31.9 Å². The molecule has 4 aromatic rings. The van der Waals surface area contributed by atoms with Gasteiger partial charge in [-0.1, -0.05) is 41.9 Å². The van der Waals surface area contributed by atoms with Crippen molar-refractivity contribution in [2.45, 2.75) is 25.2 Å². The zero-order valence-electron chi connectivity index (χ0n) is 20.7. The largest absolute Gasteiger partial charge is 0.465 e. The van der Waals surface area contributed by atoms with E-state index in [1.165, 1.54) is 30.6 Å². The van der Waals surface area contributed by atoms with E-state index in [2.05, 4.69) is 20.2 Å². The van der Waals surface area contributed by atoms with Crippen LogP contribution in [0.3, 0.4) is 0 Å². The third-order valence-corrected chi connectivity index (χ3v) is 6.68. The second-order valence-corrected chi connectivity index (χ2v) is 9.10. The number of amides is 1. The van der Waals surface area contributed by atoms with E-state index in [1.807, 2.05) is 0 Å². The normalized spacial score (nSPS) is 16.0. The Hall–Kier alpha value is -4.79. The summed E-state index contributed by atoms with van der Waals surface area (Å²) in [5.74, 6) is -0.935. The van der Waals surface area contributed by atoms with Gasteiger partial charge in [0.15, 0.2) is 17.8 Å².